The first-order valence-electron chi connectivity index (χ1n) is 5.99. The molecule has 1 unspecified atom stereocenters. The fourth-order valence-electron chi connectivity index (χ4n) is 2.21. The summed E-state index contributed by atoms with van der Waals surface area (Å²) < 4.78 is 5.43. The minimum absolute atomic E-state index is 0.371. The van der Waals surface area contributed by atoms with Crippen molar-refractivity contribution in [2.75, 3.05) is 0 Å². The Hall–Kier alpha value is -1.28. The van der Waals surface area contributed by atoms with Crippen LogP contribution >= 0.6 is 0 Å². The number of aliphatic hydroxyl groups excluding tert-OH is 1. The largest absolute Gasteiger partial charge is 0.464 e. The van der Waals surface area contributed by atoms with Crippen LogP contribution in [-0.4, -0.2) is 5.11 Å². The van der Waals surface area contributed by atoms with Crippen molar-refractivity contribution in [1.29, 1.82) is 0 Å². The molecule has 84 valence electrons. The molecule has 1 heterocycles. The summed E-state index contributed by atoms with van der Waals surface area (Å²) in [5, 5.41) is 11.2. The van der Waals surface area contributed by atoms with Gasteiger partial charge in [-0.3, -0.25) is 0 Å². The second-order valence-electron chi connectivity index (χ2n) is 4.72. The average molecular weight is 216 g/mol. The third-order valence-electron chi connectivity index (χ3n) is 3.42. The van der Waals surface area contributed by atoms with E-state index >= 15 is 0 Å². The maximum absolute atomic E-state index is 10.1. The summed E-state index contributed by atoms with van der Waals surface area (Å²) in [4.78, 5) is 0. The van der Waals surface area contributed by atoms with Crippen LogP contribution in [0.5, 0.6) is 0 Å². The molecule has 16 heavy (non-hydrogen) atoms. The van der Waals surface area contributed by atoms with Crippen molar-refractivity contribution >= 4 is 11.0 Å². The minimum Gasteiger partial charge on any atom is -0.464 e. The number of furan rings is 1. The van der Waals surface area contributed by atoms with Crippen LogP contribution in [0, 0.1) is 5.92 Å². The van der Waals surface area contributed by atoms with Crippen LogP contribution in [0.4, 0.5) is 0 Å². The van der Waals surface area contributed by atoms with Crippen molar-refractivity contribution in [3.05, 3.63) is 36.1 Å². The van der Waals surface area contributed by atoms with Crippen molar-refractivity contribution in [3.8, 4) is 0 Å². The predicted molar refractivity (Wildman–Crippen MR) is 63.1 cm³/mol. The molecule has 0 amide bonds. The van der Waals surface area contributed by atoms with Gasteiger partial charge in [0.25, 0.3) is 0 Å². The monoisotopic (exact) mass is 216 g/mol. The lowest BCUT2D eigenvalue weighted by Crippen LogP contribution is -1.96. The van der Waals surface area contributed by atoms with Crippen LogP contribution in [0.1, 0.15) is 37.4 Å². The van der Waals surface area contributed by atoms with Gasteiger partial charge in [-0.15, -0.1) is 0 Å². The molecule has 0 spiro atoms. The number of hydrogen-bond donors (Lipinski definition) is 1. The summed E-state index contributed by atoms with van der Waals surface area (Å²) in [7, 11) is 0. The Balaban J connectivity index is 1.80. The molecule has 0 saturated heterocycles. The zero-order valence-electron chi connectivity index (χ0n) is 9.23. The number of aliphatic hydroxyl groups is 1. The second-order valence-corrected chi connectivity index (χ2v) is 4.72. The lowest BCUT2D eigenvalue weighted by atomic mass is 10.0. The molecule has 1 aliphatic carbocycles. The van der Waals surface area contributed by atoms with E-state index in [0.717, 1.165) is 35.3 Å². The van der Waals surface area contributed by atoms with E-state index in [2.05, 4.69) is 0 Å². The third-order valence-corrected chi connectivity index (χ3v) is 3.42. The van der Waals surface area contributed by atoms with E-state index in [1.807, 2.05) is 24.3 Å². The van der Waals surface area contributed by atoms with E-state index in [1.165, 1.54) is 12.8 Å². The summed E-state index contributed by atoms with van der Waals surface area (Å²) in [6.45, 7) is 0. The summed E-state index contributed by atoms with van der Waals surface area (Å²) in [6.07, 6.45) is 6.01. The molecule has 1 N–H and O–H groups in total. The number of hydrogen-bond acceptors (Lipinski definition) is 2. The Morgan fingerprint density at radius 3 is 2.94 bits per heavy atom. The lowest BCUT2D eigenvalue weighted by molar-refractivity contribution is 0.162. The van der Waals surface area contributed by atoms with E-state index in [9.17, 15) is 5.11 Å². The van der Waals surface area contributed by atoms with E-state index in [1.54, 1.807) is 6.26 Å². The standard InChI is InChI=1S/C14H16O2/c15-13(8-7-10-5-6-10)12-9-16-14-4-2-1-3-11(12)14/h1-4,9-10,13,15H,5-8H2. The molecular formula is C14H16O2. The van der Waals surface area contributed by atoms with Crippen LogP contribution in [-0.2, 0) is 0 Å². The Morgan fingerprint density at radius 1 is 1.31 bits per heavy atom. The van der Waals surface area contributed by atoms with Gasteiger partial charge in [-0.1, -0.05) is 31.0 Å². The molecule has 3 rings (SSSR count). The lowest BCUT2D eigenvalue weighted by Gasteiger charge is -2.07. The second kappa shape index (κ2) is 3.95. The zero-order valence-corrected chi connectivity index (χ0v) is 9.23. The molecule has 1 atom stereocenters. The van der Waals surface area contributed by atoms with Crippen LogP contribution in [0.15, 0.2) is 34.9 Å². The summed E-state index contributed by atoms with van der Waals surface area (Å²) in [5.74, 6) is 0.868. The molecule has 1 aliphatic rings. The molecule has 0 radical (unpaired) electrons. The summed E-state index contributed by atoms with van der Waals surface area (Å²) >= 11 is 0. The highest BCUT2D eigenvalue weighted by Crippen LogP contribution is 2.37. The summed E-state index contributed by atoms with van der Waals surface area (Å²) in [5.41, 5.74) is 1.80. The van der Waals surface area contributed by atoms with E-state index in [4.69, 9.17) is 4.42 Å². The SMILES string of the molecule is OC(CCC1CC1)c1coc2ccccc12. The molecule has 2 nitrogen and oxygen atoms in total. The third kappa shape index (κ3) is 1.85. The van der Waals surface area contributed by atoms with Gasteiger partial charge in [-0.2, -0.15) is 0 Å². The van der Waals surface area contributed by atoms with E-state index in [0.29, 0.717) is 0 Å². The minimum atomic E-state index is -0.371. The van der Waals surface area contributed by atoms with Gasteiger partial charge in [-0.05, 0) is 24.8 Å². The van der Waals surface area contributed by atoms with Gasteiger partial charge in [0, 0.05) is 10.9 Å². The molecule has 1 aromatic carbocycles. The molecule has 2 heteroatoms. The summed E-state index contributed by atoms with van der Waals surface area (Å²) in [6, 6.07) is 7.88. The Morgan fingerprint density at radius 2 is 2.12 bits per heavy atom. The number of rotatable bonds is 4. The first-order chi connectivity index (χ1) is 7.84. The number of fused-ring (bicyclic) bond motifs is 1. The first kappa shape index (κ1) is 9.91. The van der Waals surface area contributed by atoms with Crippen molar-refractivity contribution in [2.24, 2.45) is 5.92 Å². The van der Waals surface area contributed by atoms with Crippen LogP contribution in [0.3, 0.4) is 0 Å². The van der Waals surface area contributed by atoms with Gasteiger partial charge in [-0.25, -0.2) is 0 Å². The number of benzene rings is 1. The predicted octanol–water partition coefficient (Wildman–Crippen LogP) is 3.66. The van der Waals surface area contributed by atoms with Crippen molar-refractivity contribution < 1.29 is 9.52 Å². The van der Waals surface area contributed by atoms with Gasteiger partial charge in [0.05, 0.1) is 12.4 Å². The normalized spacial score (nSPS) is 17.8. The quantitative estimate of drug-likeness (QED) is 0.846. The van der Waals surface area contributed by atoms with E-state index < -0.39 is 0 Å². The fraction of sp³-hybridized carbons (Fsp3) is 0.429. The maximum Gasteiger partial charge on any atom is 0.134 e. The molecule has 0 aliphatic heterocycles. The zero-order chi connectivity index (χ0) is 11.0. The fourth-order valence-corrected chi connectivity index (χ4v) is 2.21. The van der Waals surface area contributed by atoms with Crippen molar-refractivity contribution in [1.82, 2.24) is 0 Å². The van der Waals surface area contributed by atoms with Crippen molar-refractivity contribution in [2.45, 2.75) is 31.8 Å². The van der Waals surface area contributed by atoms with Gasteiger partial charge < -0.3 is 9.52 Å². The average Bonchev–Trinajstić information content (AvgIpc) is 3.04. The van der Waals surface area contributed by atoms with Gasteiger partial charge in [0.1, 0.15) is 5.58 Å². The van der Waals surface area contributed by atoms with Gasteiger partial charge in [0.2, 0.25) is 0 Å². The highest BCUT2D eigenvalue weighted by molar-refractivity contribution is 5.81. The van der Waals surface area contributed by atoms with Crippen LogP contribution < -0.4 is 0 Å². The van der Waals surface area contributed by atoms with Crippen LogP contribution in [0.2, 0.25) is 0 Å². The van der Waals surface area contributed by atoms with Gasteiger partial charge >= 0.3 is 0 Å². The molecule has 1 aromatic heterocycles. The highest BCUT2D eigenvalue weighted by atomic mass is 16.3. The smallest absolute Gasteiger partial charge is 0.134 e. The Bertz CT molecular complexity index is 482. The van der Waals surface area contributed by atoms with Crippen LogP contribution in [0.25, 0.3) is 11.0 Å². The van der Waals surface area contributed by atoms with Gasteiger partial charge in [0.15, 0.2) is 0 Å². The maximum atomic E-state index is 10.1. The highest BCUT2D eigenvalue weighted by Gasteiger charge is 2.23. The number of para-hydroxylation sites is 1. The molecule has 1 saturated carbocycles. The Labute approximate surface area is 94.9 Å². The molecule has 0 bridgehead atoms. The first-order valence-corrected chi connectivity index (χ1v) is 5.99. The molecule has 2 aromatic rings. The molecule has 1 fully saturated rings. The van der Waals surface area contributed by atoms with E-state index in [-0.39, 0.29) is 6.10 Å². The topological polar surface area (TPSA) is 33.4 Å². The molecular weight excluding hydrogens is 200 g/mol. The van der Waals surface area contributed by atoms with Crippen molar-refractivity contribution in [3.63, 3.8) is 0 Å². The Kier molecular flexibility index (Phi) is 2.44.